The van der Waals surface area contributed by atoms with Gasteiger partial charge in [0.1, 0.15) is 18.1 Å². The van der Waals surface area contributed by atoms with Crippen LogP contribution in [0, 0.1) is 0 Å². The fourth-order valence-corrected chi connectivity index (χ4v) is 4.93. The number of hydrogen-bond acceptors (Lipinski definition) is 6. The predicted octanol–water partition coefficient (Wildman–Crippen LogP) is 3.93. The number of aromatic nitrogens is 1. The average Bonchev–Trinajstić information content (AvgIpc) is 2.69. The van der Waals surface area contributed by atoms with Crippen molar-refractivity contribution < 1.29 is 44.6 Å². The van der Waals surface area contributed by atoms with E-state index in [0.29, 0.717) is 12.3 Å². The van der Waals surface area contributed by atoms with E-state index in [9.17, 15) is 39.9 Å². The molecule has 1 aromatic carbocycles. The normalized spacial score (nSPS) is 24.1. The molecule has 13 heteroatoms. The fraction of sp³-hybridized carbons (Fsp3) is 0.476. The van der Waals surface area contributed by atoms with E-state index < -0.39 is 50.0 Å². The van der Waals surface area contributed by atoms with Gasteiger partial charge >= 0.3 is 12.4 Å². The number of nitrogens with one attached hydrogen (secondary N) is 1. The molecule has 0 amide bonds. The van der Waals surface area contributed by atoms with Crippen LogP contribution in [0.2, 0.25) is 0 Å². The molecule has 6 nitrogen and oxygen atoms in total. The molecule has 1 aliphatic rings. The largest absolute Gasteiger partial charge is 0.492 e. The van der Waals surface area contributed by atoms with Crippen LogP contribution >= 0.6 is 0 Å². The monoisotopic (exact) mass is 512 g/mol. The summed E-state index contributed by atoms with van der Waals surface area (Å²) in [6, 6.07) is 3.55. The third-order valence-electron chi connectivity index (χ3n) is 5.45. The summed E-state index contributed by atoms with van der Waals surface area (Å²) in [7, 11) is -4.13. The second-order valence-electron chi connectivity index (χ2n) is 8.37. The molecule has 0 aliphatic carbocycles. The molecule has 1 aromatic heterocycles. The van der Waals surface area contributed by atoms with Gasteiger partial charge in [0.25, 0.3) is 0 Å². The van der Waals surface area contributed by atoms with Crippen molar-refractivity contribution in [2.45, 2.75) is 54.7 Å². The van der Waals surface area contributed by atoms with E-state index in [2.05, 4.69) is 10.3 Å². The van der Waals surface area contributed by atoms with E-state index in [0.717, 1.165) is 30.5 Å². The zero-order valence-corrected chi connectivity index (χ0v) is 18.9. The number of hydrogen-bond donors (Lipinski definition) is 2. The Hall–Kier alpha value is -2.38. The van der Waals surface area contributed by atoms with Crippen LogP contribution < -0.4 is 10.1 Å². The van der Waals surface area contributed by atoms with Crippen LogP contribution in [0.3, 0.4) is 0 Å². The highest BCUT2D eigenvalue weighted by atomic mass is 32.2. The molecule has 0 saturated carbocycles. The van der Waals surface area contributed by atoms with Crippen LogP contribution in [0.15, 0.2) is 41.4 Å². The van der Waals surface area contributed by atoms with Crippen LogP contribution in [-0.2, 0) is 27.8 Å². The third-order valence-corrected chi connectivity index (χ3v) is 6.60. The Morgan fingerprint density at radius 3 is 2.32 bits per heavy atom. The van der Waals surface area contributed by atoms with Gasteiger partial charge < -0.3 is 15.2 Å². The zero-order chi connectivity index (χ0) is 25.5. The summed E-state index contributed by atoms with van der Waals surface area (Å²) in [5.41, 5.74) is -3.81. The number of piperidine rings is 1. The van der Waals surface area contributed by atoms with Gasteiger partial charge in [0.2, 0.25) is 0 Å². The van der Waals surface area contributed by atoms with Crippen molar-refractivity contribution >= 4 is 9.84 Å². The Kier molecular flexibility index (Phi) is 6.95. The Labute approximate surface area is 191 Å². The molecule has 3 unspecified atom stereocenters. The first-order chi connectivity index (χ1) is 15.5. The highest BCUT2D eigenvalue weighted by Crippen LogP contribution is 2.38. The summed E-state index contributed by atoms with van der Waals surface area (Å²) in [4.78, 5) is 2.51. The van der Waals surface area contributed by atoms with Crippen molar-refractivity contribution in [1.29, 1.82) is 0 Å². The molecule has 34 heavy (non-hydrogen) atoms. The maximum atomic E-state index is 13.4. The maximum absolute atomic E-state index is 13.4. The van der Waals surface area contributed by atoms with Gasteiger partial charge in [-0.25, -0.2) is 8.42 Å². The number of alkyl halides is 6. The lowest BCUT2D eigenvalue weighted by Crippen LogP contribution is -2.53. The van der Waals surface area contributed by atoms with Gasteiger partial charge in [0, 0.05) is 30.1 Å². The van der Waals surface area contributed by atoms with Gasteiger partial charge in [-0.3, -0.25) is 4.98 Å². The van der Waals surface area contributed by atoms with E-state index in [1.807, 2.05) is 0 Å². The summed E-state index contributed by atoms with van der Waals surface area (Å²) in [5, 5.41) is 14.2. The topological polar surface area (TPSA) is 88.5 Å². The molecule has 188 valence electrons. The first-order valence-electron chi connectivity index (χ1n) is 10.1. The number of benzene rings is 1. The summed E-state index contributed by atoms with van der Waals surface area (Å²) < 4.78 is 107. The molecule has 0 bridgehead atoms. The molecular formula is C21H22F6N2O4S. The van der Waals surface area contributed by atoms with Crippen molar-refractivity contribution in [3.05, 3.63) is 53.3 Å². The van der Waals surface area contributed by atoms with E-state index in [-0.39, 0.29) is 36.8 Å². The van der Waals surface area contributed by atoms with Gasteiger partial charge in [0.15, 0.2) is 9.84 Å². The van der Waals surface area contributed by atoms with E-state index in [4.69, 9.17) is 4.74 Å². The van der Waals surface area contributed by atoms with Gasteiger partial charge in [-0.2, -0.15) is 26.3 Å². The summed E-state index contributed by atoms with van der Waals surface area (Å²) in [5.74, 6) is -0.223. The first kappa shape index (κ1) is 26.2. The average molecular weight is 512 g/mol. The predicted molar refractivity (Wildman–Crippen MR) is 109 cm³/mol. The minimum Gasteiger partial charge on any atom is -0.492 e. The molecule has 1 saturated heterocycles. The highest BCUT2D eigenvalue weighted by Gasteiger charge is 2.41. The van der Waals surface area contributed by atoms with E-state index in [1.165, 1.54) is 0 Å². The number of ether oxygens (including phenoxy) is 1. The van der Waals surface area contributed by atoms with Gasteiger partial charge in [-0.15, -0.1) is 0 Å². The summed E-state index contributed by atoms with van der Waals surface area (Å²) >= 11 is 0. The van der Waals surface area contributed by atoms with Crippen molar-refractivity contribution in [2.24, 2.45) is 0 Å². The lowest BCUT2D eigenvalue weighted by Gasteiger charge is -2.41. The van der Waals surface area contributed by atoms with Gasteiger partial charge in [0.05, 0.1) is 16.1 Å². The van der Waals surface area contributed by atoms with E-state index >= 15 is 0 Å². The van der Waals surface area contributed by atoms with Crippen LogP contribution in [0.5, 0.6) is 5.75 Å². The number of pyridine rings is 1. The second kappa shape index (κ2) is 9.00. The maximum Gasteiger partial charge on any atom is 0.433 e. The quantitative estimate of drug-likeness (QED) is 0.591. The van der Waals surface area contributed by atoms with Crippen LogP contribution in [0.4, 0.5) is 26.3 Å². The zero-order valence-electron chi connectivity index (χ0n) is 18.0. The minimum absolute atomic E-state index is 0.00205. The molecule has 1 aliphatic heterocycles. The second-order valence-corrected chi connectivity index (χ2v) is 10.4. The Bertz CT molecular complexity index is 1140. The number of sulfone groups is 1. The number of aliphatic hydroxyl groups is 1. The van der Waals surface area contributed by atoms with Crippen LogP contribution in [-0.4, -0.2) is 43.5 Å². The van der Waals surface area contributed by atoms with Gasteiger partial charge in [-0.1, -0.05) is 6.07 Å². The minimum atomic E-state index is -4.93. The van der Waals surface area contributed by atoms with Crippen molar-refractivity contribution in [2.75, 3.05) is 12.9 Å². The van der Waals surface area contributed by atoms with Crippen molar-refractivity contribution in [3.8, 4) is 5.75 Å². The van der Waals surface area contributed by atoms with E-state index in [1.54, 1.807) is 6.92 Å². The molecule has 0 radical (unpaired) electrons. The SMILES string of the molecule is CC1CC(O)(c2ccc(C(F)(F)F)nc2)CC(COc2ccc(S(C)(=O)=O)c(C(F)(F)F)c2)N1. The lowest BCUT2D eigenvalue weighted by atomic mass is 9.79. The molecule has 2 aromatic rings. The van der Waals surface area contributed by atoms with Crippen LogP contribution in [0.25, 0.3) is 0 Å². The third kappa shape index (κ3) is 5.99. The Morgan fingerprint density at radius 1 is 1.12 bits per heavy atom. The lowest BCUT2D eigenvalue weighted by molar-refractivity contribution is -0.141. The molecule has 3 rings (SSSR count). The molecule has 3 atom stereocenters. The number of halogens is 6. The summed E-state index contributed by atoms with van der Waals surface area (Å²) in [6.45, 7) is 1.55. The van der Waals surface area contributed by atoms with Crippen molar-refractivity contribution in [3.63, 3.8) is 0 Å². The molecule has 0 spiro atoms. The summed E-state index contributed by atoms with van der Waals surface area (Å²) in [6.07, 6.45) is -7.76. The Morgan fingerprint density at radius 2 is 1.79 bits per heavy atom. The molecule has 2 N–H and O–H groups in total. The standard InChI is InChI=1S/C21H22F6N2O4S/c1-12-8-19(30,13-3-6-18(28-10-13)21(25,26)27)9-14(29-12)11-33-15-4-5-17(34(2,31)32)16(7-15)20(22,23)24/h3-7,10,12,14,29-30H,8-9,11H2,1-2H3. The molecular weight excluding hydrogens is 490 g/mol. The fourth-order valence-electron chi connectivity index (χ4n) is 4.04. The van der Waals surface area contributed by atoms with Crippen molar-refractivity contribution in [1.82, 2.24) is 10.3 Å². The number of nitrogens with zero attached hydrogens (tertiary/aromatic N) is 1. The van der Waals surface area contributed by atoms with Gasteiger partial charge in [-0.05, 0) is 44.0 Å². The Balaban J connectivity index is 1.78. The number of rotatable bonds is 5. The first-order valence-corrected chi connectivity index (χ1v) is 11.9. The molecule has 1 fully saturated rings. The highest BCUT2D eigenvalue weighted by molar-refractivity contribution is 7.90. The smallest absolute Gasteiger partial charge is 0.433 e. The van der Waals surface area contributed by atoms with Crippen LogP contribution in [0.1, 0.15) is 36.6 Å². The molecule has 2 heterocycles.